The Morgan fingerprint density at radius 3 is 2.03 bits per heavy atom. The summed E-state index contributed by atoms with van der Waals surface area (Å²) in [6.45, 7) is 0.242. The number of aliphatic carboxylic acids is 2. The maximum atomic E-state index is 13.7. The Morgan fingerprint density at radius 1 is 0.803 bits per heavy atom. The van der Waals surface area contributed by atoms with E-state index in [0.29, 0.717) is 12.0 Å². The molecule has 336 valence electrons. The van der Waals surface area contributed by atoms with E-state index in [0.717, 1.165) is 4.90 Å². The van der Waals surface area contributed by atoms with Gasteiger partial charge in [-0.1, -0.05) is 12.1 Å². The molecular weight excluding hydrogens is 808 g/mol. The molecule has 0 spiro atoms. The molecule has 25 heteroatoms. The zero-order valence-corrected chi connectivity index (χ0v) is 33.4. The molecular formula is C36H54N12O13. The van der Waals surface area contributed by atoms with Crippen LogP contribution in [0.2, 0.25) is 0 Å². The van der Waals surface area contributed by atoms with E-state index in [1.807, 2.05) is 0 Å². The Labute approximate surface area is 349 Å². The lowest BCUT2D eigenvalue weighted by molar-refractivity contribution is -0.144. The number of carbonyl (C=O) groups is 10. The van der Waals surface area contributed by atoms with Gasteiger partial charge in [-0.2, -0.15) is 0 Å². The summed E-state index contributed by atoms with van der Waals surface area (Å²) in [6, 6.07) is -2.77. The standard InChI is InChI=1S/C36H54N12O13/c1-18(43-31(56)24(15-29(53)54)45-28(52)17-42-30(55)21(44-27(51)16-37)4-2-12-41-36(39)40)34(59)48-13-3-5-25(48)33(58)47-23(14-19-6-8-20(49)9-7-19)32(57)46-22(35(60)61)10-11-26(38)50/h6-9,18,21-25,49H,2-5,10-17,37H2,1H3,(H2,38,50)(H,42,55)(H,43,56)(H,44,51)(H,45,52)(H,46,57)(H,47,58)(H,53,54)(H,60,61)(H4,39,40,41)/t18-,21-,22-,23-,24-,25-/m0/s1. The number of nitrogens with one attached hydrogen (secondary N) is 6. The quantitative estimate of drug-likeness (QED) is 0.0247. The van der Waals surface area contributed by atoms with Crippen molar-refractivity contribution in [1.29, 1.82) is 0 Å². The topological polar surface area (TPSA) is 423 Å². The number of nitrogens with zero attached hydrogens (tertiary/aromatic N) is 2. The predicted octanol–water partition coefficient (Wildman–Crippen LogP) is -5.68. The van der Waals surface area contributed by atoms with Gasteiger partial charge in [-0.25, -0.2) is 4.79 Å². The van der Waals surface area contributed by atoms with Crippen molar-refractivity contribution in [1.82, 2.24) is 36.8 Å². The first-order valence-electron chi connectivity index (χ1n) is 19.1. The van der Waals surface area contributed by atoms with Crippen LogP contribution in [0.1, 0.15) is 57.4 Å². The number of hydrogen-bond donors (Lipinski definition) is 13. The third-order valence-corrected chi connectivity index (χ3v) is 9.11. The van der Waals surface area contributed by atoms with E-state index in [1.165, 1.54) is 31.2 Å². The number of carbonyl (C=O) groups excluding carboxylic acids is 8. The van der Waals surface area contributed by atoms with Crippen molar-refractivity contribution in [2.75, 3.05) is 26.2 Å². The van der Waals surface area contributed by atoms with Crippen LogP contribution in [0.3, 0.4) is 0 Å². The lowest BCUT2D eigenvalue weighted by Crippen LogP contribution is -2.58. The highest BCUT2D eigenvalue weighted by molar-refractivity contribution is 5.98. The third kappa shape index (κ3) is 17.8. The number of primary amides is 1. The van der Waals surface area contributed by atoms with Gasteiger partial charge in [0, 0.05) is 25.9 Å². The second kappa shape index (κ2) is 24.8. The van der Waals surface area contributed by atoms with Gasteiger partial charge in [-0.3, -0.25) is 48.1 Å². The molecule has 0 saturated carbocycles. The number of rotatable bonds is 25. The molecule has 0 radical (unpaired) electrons. The zero-order valence-electron chi connectivity index (χ0n) is 33.4. The highest BCUT2D eigenvalue weighted by Gasteiger charge is 2.39. The monoisotopic (exact) mass is 862 g/mol. The number of guanidine groups is 1. The maximum Gasteiger partial charge on any atom is 0.326 e. The first kappa shape index (κ1) is 50.1. The van der Waals surface area contributed by atoms with Crippen molar-refractivity contribution in [2.24, 2.45) is 27.9 Å². The molecule has 0 aromatic heterocycles. The van der Waals surface area contributed by atoms with Crippen molar-refractivity contribution in [2.45, 2.75) is 94.5 Å². The van der Waals surface area contributed by atoms with E-state index in [1.54, 1.807) is 0 Å². The largest absolute Gasteiger partial charge is 0.508 e. The van der Waals surface area contributed by atoms with Crippen LogP contribution in [0.25, 0.3) is 0 Å². The summed E-state index contributed by atoms with van der Waals surface area (Å²) in [4.78, 5) is 131. The van der Waals surface area contributed by atoms with Crippen molar-refractivity contribution in [3.63, 3.8) is 0 Å². The summed E-state index contributed by atoms with van der Waals surface area (Å²) in [5, 5.41) is 42.8. The molecule has 2 rings (SSSR count). The number of likely N-dealkylation sites (tertiary alicyclic amines) is 1. The predicted molar refractivity (Wildman–Crippen MR) is 212 cm³/mol. The molecule has 1 heterocycles. The van der Waals surface area contributed by atoms with Crippen LogP contribution in [0.15, 0.2) is 29.3 Å². The smallest absolute Gasteiger partial charge is 0.326 e. The lowest BCUT2D eigenvalue weighted by atomic mass is 10.0. The Kier molecular flexibility index (Phi) is 20.3. The first-order valence-corrected chi connectivity index (χ1v) is 19.1. The lowest BCUT2D eigenvalue weighted by Gasteiger charge is -2.29. The van der Waals surface area contributed by atoms with Crippen molar-refractivity contribution in [3.8, 4) is 5.75 Å². The van der Waals surface area contributed by atoms with Gasteiger partial charge in [0.15, 0.2) is 5.96 Å². The zero-order chi connectivity index (χ0) is 45.8. The molecule has 25 nitrogen and oxygen atoms in total. The second-order valence-electron chi connectivity index (χ2n) is 14.0. The summed E-state index contributed by atoms with van der Waals surface area (Å²) in [5.74, 6) is -10.1. The number of aliphatic imine (C=N–C) groups is 1. The molecule has 1 aromatic rings. The summed E-state index contributed by atoms with van der Waals surface area (Å²) in [5.41, 5.74) is 21.5. The molecule has 0 unspecified atom stereocenters. The van der Waals surface area contributed by atoms with Crippen LogP contribution in [-0.4, -0.2) is 148 Å². The maximum absolute atomic E-state index is 13.7. The van der Waals surface area contributed by atoms with E-state index in [9.17, 15) is 63.3 Å². The molecule has 61 heavy (non-hydrogen) atoms. The average Bonchev–Trinajstić information content (AvgIpc) is 3.69. The van der Waals surface area contributed by atoms with E-state index >= 15 is 0 Å². The number of nitrogens with two attached hydrogens (primary N) is 4. The minimum atomic E-state index is -1.74. The fraction of sp³-hybridized carbons (Fsp3) is 0.528. The molecule has 1 aliphatic rings. The SMILES string of the molecule is C[C@H](NC(=O)[C@H](CC(=O)O)NC(=O)CNC(=O)[C@H](CCCN=C(N)N)NC(=O)CN)C(=O)N1CCC[C@H]1C(=O)N[C@@H](Cc1ccc(O)cc1)C(=O)N[C@@H](CCC(N)=O)C(=O)O. The van der Waals surface area contributed by atoms with Gasteiger partial charge in [0.1, 0.15) is 42.0 Å². The average molecular weight is 863 g/mol. The Balaban J connectivity index is 2.14. The Hall–Kier alpha value is -7.05. The van der Waals surface area contributed by atoms with Crippen molar-refractivity contribution >= 4 is 65.2 Å². The van der Waals surface area contributed by atoms with Gasteiger partial charge >= 0.3 is 11.9 Å². The highest BCUT2D eigenvalue weighted by Crippen LogP contribution is 2.20. The molecule has 1 aromatic carbocycles. The van der Waals surface area contributed by atoms with Crippen LogP contribution in [0.4, 0.5) is 0 Å². The van der Waals surface area contributed by atoms with Crippen LogP contribution in [0, 0.1) is 0 Å². The number of phenols is 1. The Morgan fingerprint density at radius 2 is 1.44 bits per heavy atom. The molecule has 0 aliphatic carbocycles. The summed E-state index contributed by atoms with van der Waals surface area (Å²) >= 11 is 0. The minimum absolute atomic E-state index is 0.0379. The van der Waals surface area contributed by atoms with E-state index < -0.39 is 115 Å². The molecule has 1 aliphatic heterocycles. The van der Waals surface area contributed by atoms with Crippen LogP contribution < -0.4 is 54.8 Å². The van der Waals surface area contributed by atoms with Gasteiger partial charge in [0.05, 0.1) is 19.5 Å². The van der Waals surface area contributed by atoms with Crippen LogP contribution >= 0.6 is 0 Å². The number of aromatic hydroxyl groups is 1. The number of benzene rings is 1. The van der Waals surface area contributed by atoms with Gasteiger partial charge in [-0.15, -0.1) is 0 Å². The van der Waals surface area contributed by atoms with Gasteiger partial charge in [-0.05, 0) is 56.7 Å². The number of phenolic OH excluding ortho intramolecular Hbond substituents is 1. The normalized spacial score (nSPS) is 15.6. The highest BCUT2D eigenvalue weighted by atomic mass is 16.4. The van der Waals surface area contributed by atoms with E-state index in [4.69, 9.17) is 22.9 Å². The molecule has 6 atom stereocenters. The number of hydrogen-bond acceptors (Lipinski definition) is 13. The van der Waals surface area contributed by atoms with E-state index in [-0.39, 0.29) is 63.3 Å². The molecule has 1 fully saturated rings. The third-order valence-electron chi connectivity index (χ3n) is 9.11. The number of carboxylic acid groups (broad SMARTS) is 2. The fourth-order valence-corrected chi connectivity index (χ4v) is 6.03. The summed E-state index contributed by atoms with van der Waals surface area (Å²) in [6.07, 6.45) is -1.06. The number of amides is 8. The van der Waals surface area contributed by atoms with Gasteiger partial charge in [0.2, 0.25) is 47.3 Å². The molecule has 1 saturated heterocycles. The Bertz CT molecular complexity index is 1810. The summed E-state index contributed by atoms with van der Waals surface area (Å²) < 4.78 is 0. The van der Waals surface area contributed by atoms with E-state index in [2.05, 4.69) is 36.9 Å². The minimum Gasteiger partial charge on any atom is -0.508 e. The molecule has 0 bridgehead atoms. The van der Waals surface area contributed by atoms with Gasteiger partial charge in [0.25, 0.3) is 0 Å². The number of carboxylic acids is 2. The molecule has 17 N–H and O–H groups in total. The summed E-state index contributed by atoms with van der Waals surface area (Å²) in [7, 11) is 0. The van der Waals surface area contributed by atoms with Gasteiger partial charge < -0.3 is 75.1 Å². The van der Waals surface area contributed by atoms with Crippen molar-refractivity contribution in [3.05, 3.63) is 29.8 Å². The second-order valence-corrected chi connectivity index (χ2v) is 14.0. The molecule has 8 amide bonds. The fourth-order valence-electron chi connectivity index (χ4n) is 6.03. The van der Waals surface area contributed by atoms with Crippen LogP contribution in [0.5, 0.6) is 5.75 Å². The first-order chi connectivity index (χ1) is 28.7. The van der Waals surface area contributed by atoms with Crippen molar-refractivity contribution < 1.29 is 63.3 Å². The van der Waals surface area contributed by atoms with Crippen LogP contribution in [-0.2, 0) is 54.4 Å².